The van der Waals surface area contributed by atoms with Crippen LogP contribution in [0.3, 0.4) is 0 Å². The zero-order valence-corrected chi connectivity index (χ0v) is 13.1. The van der Waals surface area contributed by atoms with E-state index in [2.05, 4.69) is 53.4 Å². The van der Waals surface area contributed by atoms with Crippen molar-refractivity contribution in [3.63, 3.8) is 0 Å². The maximum atomic E-state index is 3.73. The third-order valence-corrected chi connectivity index (χ3v) is 4.86. The maximum Gasteiger partial charge on any atom is 0.0357 e. The molecule has 1 aromatic carbocycles. The highest BCUT2D eigenvalue weighted by molar-refractivity contribution is 9.10. The van der Waals surface area contributed by atoms with Crippen LogP contribution in [0.4, 0.5) is 0 Å². The van der Waals surface area contributed by atoms with Crippen LogP contribution < -0.4 is 5.32 Å². The van der Waals surface area contributed by atoms with Crippen molar-refractivity contribution in [3.8, 4) is 0 Å². The number of hydrogen-bond donors (Lipinski definition) is 1. The van der Waals surface area contributed by atoms with E-state index in [4.69, 9.17) is 0 Å². The van der Waals surface area contributed by atoms with Gasteiger partial charge in [-0.15, -0.1) is 0 Å². The van der Waals surface area contributed by atoms with Crippen LogP contribution in [0.25, 0.3) is 0 Å². The third-order valence-electron chi connectivity index (χ3n) is 4.17. The van der Waals surface area contributed by atoms with Crippen molar-refractivity contribution >= 4 is 15.9 Å². The summed E-state index contributed by atoms with van der Waals surface area (Å²) < 4.78 is 1.26. The van der Waals surface area contributed by atoms with Crippen LogP contribution in [0, 0.1) is 12.8 Å². The molecule has 100 valence electrons. The summed E-state index contributed by atoms with van der Waals surface area (Å²) in [5.41, 5.74) is 2.75. The minimum absolute atomic E-state index is 0.498. The first-order valence-corrected chi connectivity index (χ1v) is 7.95. The molecular weight excluding hydrogens is 286 g/mol. The molecule has 1 saturated carbocycles. The fourth-order valence-corrected chi connectivity index (χ4v) is 3.91. The molecule has 0 aliphatic heterocycles. The zero-order chi connectivity index (χ0) is 13.0. The number of hydrogen-bond acceptors (Lipinski definition) is 1. The van der Waals surface area contributed by atoms with Gasteiger partial charge in [0.15, 0.2) is 0 Å². The molecule has 18 heavy (non-hydrogen) atoms. The Morgan fingerprint density at radius 2 is 1.83 bits per heavy atom. The van der Waals surface area contributed by atoms with Gasteiger partial charge >= 0.3 is 0 Å². The highest BCUT2D eigenvalue weighted by atomic mass is 79.9. The predicted octanol–water partition coefficient (Wildman–Crippen LogP) is 4.99. The molecule has 0 aromatic heterocycles. The summed E-state index contributed by atoms with van der Waals surface area (Å²) >= 11 is 3.73. The summed E-state index contributed by atoms with van der Waals surface area (Å²) in [6.45, 7) is 2.15. The van der Waals surface area contributed by atoms with Gasteiger partial charge < -0.3 is 5.32 Å². The summed E-state index contributed by atoms with van der Waals surface area (Å²) in [6.07, 6.45) is 8.36. The Morgan fingerprint density at radius 3 is 2.39 bits per heavy atom. The lowest BCUT2D eigenvalue weighted by Gasteiger charge is -2.27. The Labute approximate surface area is 119 Å². The number of halogens is 1. The molecule has 1 aromatic rings. The minimum Gasteiger partial charge on any atom is -0.313 e. The molecule has 2 heteroatoms. The van der Waals surface area contributed by atoms with E-state index in [0.29, 0.717) is 6.04 Å². The van der Waals surface area contributed by atoms with Gasteiger partial charge in [0.05, 0.1) is 0 Å². The number of aryl methyl sites for hydroxylation is 1. The Kier molecular flexibility index (Phi) is 5.25. The van der Waals surface area contributed by atoms with Gasteiger partial charge in [-0.1, -0.05) is 53.7 Å². The SMILES string of the molecule is CNC(c1ccc(C)cc1Br)C1CCCCCC1. The van der Waals surface area contributed by atoms with Crippen molar-refractivity contribution in [3.05, 3.63) is 33.8 Å². The molecule has 1 aliphatic carbocycles. The van der Waals surface area contributed by atoms with Gasteiger partial charge in [-0.2, -0.15) is 0 Å². The summed E-state index contributed by atoms with van der Waals surface area (Å²) in [6, 6.07) is 7.24. The van der Waals surface area contributed by atoms with E-state index in [9.17, 15) is 0 Å². The fraction of sp³-hybridized carbons (Fsp3) is 0.625. The second-order valence-electron chi connectivity index (χ2n) is 5.54. The molecule has 0 radical (unpaired) electrons. The monoisotopic (exact) mass is 309 g/mol. The first-order valence-electron chi connectivity index (χ1n) is 7.15. The highest BCUT2D eigenvalue weighted by Gasteiger charge is 2.24. The molecule has 1 fully saturated rings. The molecule has 1 N–H and O–H groups in total. The molecule has 1 aliphatic rings. The van der Waals surface area contributed by atoms with Gasteiger partial charge in [-0.25, -0.2) is 0 Å². The van der Waals surface area contributed by atoms with Crippen molar-refractivity contribution in [2.24, 2.45) is 5.92 Å². The van der Waals surface area contributed by atoms with Crippen LogP contribution in [-0.4, -0.2) is 7.05 Å². The molecule has 0 bridgehead atoms. The molecule has 2 rings (SSSR count). The van der Waals surface area contributed by atoms with E-state index in [1.165, 1.54) is 54.1 Å². The quantitative estimate of drug-likeness (QED) is 0.776. The van der Waals surface area contributed by atoms with Crippen molar-refractivity contribution in [1.82, 2.24) is 5.32 Å². The maximum absolute atomic E-state index is 3.73. The molecule has 0 saturated heterocycles. The van der Waals surface area contributed by atoms with Crippen molar-refractivity contribution in [2.75, 3.05) is 7.05 Å². The van der Waals surface area contributed by atoms with Crippen LogP contribution >= 0.6 is 15.9 Å². The fourth-order valence-electron chi connectivity index (χ4n) is 3.17. The van der Waals surface area contributed by atoms with Crippen LogP contribution in [-0.2, 0) is 0 Å². The lowest BCUT2D eigenvalue weighted by molar-refractivity contribution is 0.341. The largest absolute Gasteiger partial charge is 0.313 e. The van der Waals surface area contributed by atoms with Crippen molar-refractivity contribution in [2.45, 2.75) is 51.5 Å². The average Bonchev–Trinajstić information content (AvgIpc) is 2.62. The van der Waals surface area contributed by atoms with E-state index in [-0.39, 0.29) is 0 Å². The lowest BCUT2D eigenvalue weighted by Crippen LogP contribution is -2.25. The van der Waals surface area contributed by atoms with Crippen LogP contribution in [0.1, 0.15) is 55.7 Å². The Morgan fingerprint density at radius 1 is 1.17 bits per heavy atom. The van der Waals surface area contributed by atoms with E-state index in [1.54, 1.807) is 0 Å². The minimum atomic E-state index is 0.498. The first-order chi connectivity index (χ1) is 8.72. The summed E-state index contributed by atoms with van der Waals surface area (Å²) in [4.78, 5) is 0. The van der Waals surface area contributed by atoms with Gasteiger partial charge in [-0.05, 0) is 49.9 Å². The van der Waals surface area contributed by atoms with E-state index >= 15 is 0 Å². The van der Waals surface area contributed by atoms with Gasteiger partial charge in [0.25, 0.3) is 0 Å². The standard InChI is InChI=1S/C16H24BrN/c1-12-9-10-14(15(17)11-12)16(18-2)13-7-5-3-4-6-8-13/h9-11,13,16,18H,3-8H2,1-2H3. The topological polar surface area (TPSA) is 12.0 Å². The van der Waals surface area contributed by atoms with Crippen LogP contribution in [0.15, 0.2) is 22.7 Å². The van der Waals surface area contributed by atoms with Gasteiger partial charge in [-0.3, -0.25) is 0 Å². The Bertz CT molecular complexity index is 381. The van der Waals surface area contributed by atoms with Crippen molar-refractivity contribution in [1.29, 1.82) is 0 Å². The second kappa shape index (κ2) is 6.72. The third kappa shape index (κ3) is 3.36. The molecule has 0 amide bonds. The molecule has 1 unspecified atom stereocenters. The zero-order valence-electron chi connectivity index (χ0n) is 11.5. The van der Waals surface area contributed by atoms with Gasteiger partial charge in [0, 0.05) is 10.5 Å². The van der Waals surface area contributed by atoms with Crippen LogP contribution in [0.2, 0.25) is 0 Å². The summed E-state index contributed by atoms with van der Waals surface area (Å²) in [5.74, 6) is 0.788. The number of nitrogens with one attached hydrogen (secondary N) is 1. The molecular formula is C16H24BrN. The number of benzene rings is 1. The van der Waals surface area contributed by atoms with E-state index in [1.807, 2.05) is 0 Å². The van der Waals surface area contributed by atoms with Crippen LogP contribution in [0.5, 0.6) is 0 Å². The Hall–Kier alpha value is -0.340. The molecule has 1 nitrogen and oxygen atoms in total. The average molecular weight is 310 g/mol. The van der Waals surface area contributed by atoms with Crippen molar-refractivity contribution < 1.29 is 0 Å². The van der Waals surface area contributed by atoms with E-state index < -0.39 is 0 Å². The molecule has 1 atom stereocenters. The normalized spacial score (nSPS) is 19.5. The smallest absolute Gasteiger partial charge is 0.0357 e. The first kappa shape index (κ1) is 14.1. The predicted molar refractivity (Wildman–Crippen MR) is 81.9 cm³/mol. The Balaban J connectivity index is 2.20. The summed E-state index contributed by atoms with van der Waals surface area (Å²) in [7, 11) is 2.10. The van der Waals surface area contributed by atoms with Gasteiger partial charge in [0.1, 0.15) is 0 Å². The lowest BCUT2D eigenvalue weighted by atomic mass is 9.87. The number of rotatable bonds is 3. The second-order valence-corrected chi connectivity index (χ2v) is 6.40. The molecule has 0 heterocycles. The highest BCUT2D eigenvalue weighted by Crippen LogP contribution is 2.36. The van der Waals surface area contributed by atoms with Gasteiger partial charge in [0.2, 0.25) is 0 Å². The summed E-state index contributed by atoms with van der Waals surface area (Å²) in [5, 5.41) is 3.55. The van der Waals surface area contributed by atoms with E-state index in [0.717, 1.165) is 5.92 Å². The molecule has 0 spiro atoms.